The number of hydrogen-bond donors (Lipinski definition) is 1. The van der Waals surface area contributed by atoms with Gasteiger partial charge >= 0.3 is 0 Å². The molecule has 22 heavy (non-hydrogen) atoms. The third-order valence-corrected chi connectivity index (χ3v) is 4.23. The third-order valence-electron chi connectivity index (χ3n) is 4.23. The topological polar surface area (TPSA) is 77.4 Å². The molecule has 1 aliphatic heterocycles. The van der Waals surface area contributed by atoms with Crippen LogP contribution in [0.3, 0.4) is 0 Å². The van der Waals surface area contributed by atoms with E-state index >= 15 is 0 Å². The van der Waals surface area contributed by atoms with Crippen LogP contribution in [0.15, 0.2) is 34.9 Å². The first-order chi connectivity index (χ1) is 10.8. The van der Waals surface area contributed by atoms with E-state index in [2.05, 4.69) is 15.0 Å². The second-order valence-corrected chi connectivity index (χ2v) is 5.62. The van der Waals surface area contributed by atoms with Gasteiger partial charge < -0.3 is 15.0 Å². The molecule has 2 unspecified atom stereocenters. The Balaban J connectivity index is 1.67. The maximum atomic E-state index is 5.90. The number of benzene rings is 1. The smallest absolute Gasteiger partial charge is 0.257 e. The van der Waals surface area contributed by atoms with Crippen LogP contribution in [-0.4, -0.2) is 47.4 Å². The molecule has 2 N–H and O–H groups in total. The van der Waals surface area contributed by atoms with E-state index in [-0.39, 0.29) is 0 Å². The molecule has 0 aliphatic carbocycles. The molecule has 2 aromatic rings. The van der Waals surface area contributed by atoms with Crippen LogP contribution < -0.4 is 5.73 Å². The van der Waals surface area contributed by atoms with E-state index in [0.29, 0.717) is 37.0 Å². The van der Waals surface area contributed by atoms with Gasteiger partial charge in [0.2, 0.25) is 0 Å². The van der Waals surface area contributed by atoms with E-state index in [1.807, 2.05) is 30.3 Å². The van der Waals surface area contributed by atoms with Gasteiger partial charge in [-0.15, -0.1) is 0 Å². The molecule has 1 aliphatic rings. The van der Waals surface area contributed by atoms with Crippen molar-refractivity contribution >= 4 is 0 Å². The molecule has 0 radical (unpaired) electrons. The summed E-state index contributed by atoms with van der Waals surface area (Å²) in [6.07, 6.45) is 2.27. The van der Waals surface area contributed by atoms with Crippen LogP contribution in [-0.2, 0) is 11.3 Å². The monoisotopic (exact) mass is 302 g/mol. The maximum Gasteiger partial charge on any atom is 0.257 e. The van der Waals surface area contributed by atoms with Crippen LogP contribution in [0.25, 0.3) is 11.5 Å². The van der Waals surface area contributed by atoms with E-state index in [4.69, 9.17) is 15.0 Å². The summed E-state index contributed by atoms with van der Waals surface area (Å²) in [4.78, 5) is 6.81. The second kappa shape index (κ2) is 7.00. The molecule has 3 rings (SSSR count). The maximum absolute atomic E-state index is 5.90. The van der Waals surface area contributed by atoms with Crippen LogP contribution in [0, 0.1) is 0 Å². The van der Waals surface area contributed by atoms with Gasteiger partial charge in [-0.25, -0.2) is 0 Å². The van der Waals surface area contributed by atoms with Crippen LogP contribution in [0.1, 0.15) is 18.7 Å². The molecule has 0 amide bonds. The molecule has 1 saturated heterocycles. The van der Waals surface area contributed by atoms with Gasteiger partial charge in [0.05, 0.1) is 12.6 Å². The number of likely N-dealkylation sites (tertiary alicyclic amines) is 1. The number of rotatable bonds is 5. The second-order valence-electron chi connectivity index (χ2n) is 5.62. The average Bonchev–Trinajstić information content (AvgIpc) is 3.04. The number of piperidine rings is 1. The highest BCUT2D eigenvalue weighted by atomic mass is 16.5. The number of hydrogen-bond acceptors (Lipinski definition) is 6. The zero-order chi connectivity index (χ0) is 15.4. The highest BCUT2D eigenvalue weighted by Gasteiger charge is 2.28. The lowest BCUT2D eigenvalue weighted by atomic mass is 9.99. The summed E-state index contributed by atoms with van der Waals surface area (Å²) in [5.74, 6) is 1.26. The lowest BCUT2D eigenvalue weighted by molar-refractivity contribution is 0.00910. The van der Waals surface area contributed by atoms with Crippen LogP contribution in [0.4, 0.5) is 0 Å². The largest absolute Gasteiger partial charge is 0.381 e. The quantitative estimate of drug-likeness (QED) is 0.905. The van der Waals surface area contributed by atoms with Crippen molar-refractivity contribution in [1.82, 2.24) is 15.0 Å². The summed E-state index contributed by atoms with van der Waals surface area (Å²) < 4.78 is 10.8. The summed E-state index contributed by atoms with van der Waals surface area (Å²) in [5, 5.41) is 4.09. The fraction of sp³-hybridized carbons (Fsp3) is 0.500. The molecule has 1 aromatic carbocycles. The number of nitrogens with zero attached hydrogens (tertiary/aromatic N) is 3. The van der Waals surface area contributed by atoms with Gasteiger partial charge in [-0.3, -0.25) is 4.90 Å². The lowest BCUT2D eigenvalue weighted by Crippen LogP contribution is -2.48. The molecule has 2 atom stereocenters. The average molecular weight is 302 g/mol. The standard InChI is InChI=1S/C16H22N4O2/c1-21-14-7-8-20(13(9-14)10-17)11-15-18-16(22-19-15)12-5-3-2-4-6-12/h2-6,13-14H,7-11,17H2,1H3. The summed E-state index contributed by atoms with van der Waals surface area (Å²) >= 11 is 0. The van der Waals surface area contributed by atoms with E-state index < -0.39 is 0 Å². The van der Waals surface area contributed by atoms with Crippen molar-refractivity contribution in [1.29, 1.82) is 0 Å². The summed E-state index contributed by atoms with van der Waals surface area (Å²) in [7, 11) is 1.76. The molecule has 0 saturated carbocycles. The van der Waals surface area contributed by atoms with Crippen molar-refractivity contribution in [2.24, 2.45) is 5.73 Å². The third kappa shape index (κ3) is 3.35. The fourth-order valence-electron chi connectivity index (χ4n) is 2.93. The molecule has 1 fully saturated rings. The minimum atomic E-state index is 0.301. The first-order valence-electron chi connectivity index (χ1n) is 7.65. The summed E-state index contributed by atoms with van der Waals surface area (Å²) in [6, 6.07) is 10.1. The van der Waals surface area contributed by atoms with Gasteiger partial charge in [0, 0.05) is 31.8 Å². The minimum absolute atomic E-state index is 0.301. The normalized spacial score (nSPS) is 22.8. The number of ether oxygens (including phenoxy) is 1. The molecule has 6 nitrogen and oxygen atoms in total. The number of aromatic nitrogens is 2. The van der Waals surface area contributed by atoms with Crippen molar-refractivity contribution in [2.45, 2.75) is 31.5 Å². The highest BCUT2D eigenvalue weighted by Crippen LogP contribution is 2.22. The molecular formula is C16H22N4O2. The fourth-order valence-corrected chi connectivity index (χ4v) is 2.93. The van der Waals surface area contributed by atoms with Crippen molar-refractivity contribution in [3.05, 3.63) is 36.2 Å². The molecule has 1 aromatic heterocycles. The Morgan fingerprint density at radius 3 is 2.91 bits per heavy atom. The van der Waals surface area contributed by atoms with E-state index in [1.54, 1.807) is 7.11 Å². The van der Waals surface area contributed by atoms with Gasteiger partial charge in [0.15, 0.2) is 5.82 Å². The van der Waals surface area contributed by atoms with Gasteiger partial charge in [-0.2, -0.15) is 4.98 Å². The Morgan fingerprint density at radius 2 is 2.18 bits per heavy atom. The predicted octanol–water partition coefficient (Wildman–Crippen LogP) is 1.67. The van der Waals surface area contributed by atoms with Gasteiger partial charge in [-0.1, -0.05) is 23.4 Å². The Labute approximate surface area is 130 Å². The SMILES string of the molecule is COC1CCN(Cc2noc(-c3ccccc3)n2)C(CN)C1. The van der Waals surface area contributed by atoms with Crippen molar-refractivity contribution in [2.75, 3.05) is 20.2 Å². The molecule has 2 heterocycles. The molecule has 6 heteroatoms. The van der Waals surface area contributed by atoms with Crippen LogP contribution >= 0.6 is 0 Å². The Kier molecular flexibility index (Phi) is 4.82. The molecular weight excluding hydrogens is 280 g/mol. The number of nitrogens with two attached hydrogens (primary N) is 1. The first kappa shape index (κ1) is 15.1. The number of methoxy groups -OCH3 is 1. The molecule has 118 valence electrons. The zero-order valence-corrected chi connectivity index (χ0v) is 12.8. The Bertz CT molecular complexity index is 587. The van der Waals surface area contributed by atoms with Crippen molar-refractivity contribution in [3.8, 4) is 11.5 Å². The molecule has 0 bridgehead atoms. The molecule has 0 spiro atoms. The van der Waals surface area contributed by atoms with E-state index in [9.17, 15) is 0 Å². The van der Waals surface area contributed by atoms with Crippen molar-refractivity contribution < 1.29 is 9.26 Å². The van der Waals surface area contributed by atoms with Gasteiger partial charge in [0.1, 0.15) is 0 Å². The van der Waals surface area contributed by atoms with E-state index in [0.717, 1.165) is 24.9 Å². The predicted molar refractivity (Wildman–Crippen MR) is 83.0 cm³/mol. The Hall–Kier alpha value is -1.76. The van der Waals surface area contributed by atoms with Crippen LogP contribution in [0.2, 0.25) is 0 Å². The summed E-state index contributed by atoms with van der Waals surface area (Å²) in [6.45, 7) is 2.22. The first-order valence-corrected chi connectivity index (χ1v) is 7.65. The minimum Gasteiger partial charge on any atom is -0.381 e. The van der Waals surface area contributed by atoms with Crippen molar-refractivity contribution in [3.63, 3.8) is 0 Å². The highest BCUT2D eigenvalue weighted by molar-refractivity contribution is 5.51. The Morgan fingerprint density at radius 1 is 1.36 bits per heavy atom. The zero-order valence-electron chi connectivity index (χ0n) is 12.8. The lowest BCUT2D eigenvalue weighted by Gasteiger charge is -2.37. The van der Waals surface area contributed by atoms with Crippen LogP contribution in [0.5, 0.6) is 0 Å². The van der Waals surface area contributed by atoms with Gasteiger partial charge in [0.25, 0.3) is 5.89 Å². The summed E-state index contributed by atoms with van der Waals surface area (Å²) in [5.41, 5.74) is 6.84. The van der Waals surface area contributed by atoms with Gasteiger partial charge in [-0.05, 0) is 25.0 Å². The van der Waals surface area contributed by atoms with E-state index in [1.165, 1.54) is 0 Å².